The van der Waals surface area contributed by atoms with E-state index in [1.807, 2.05) is 30.1 Å². The van der Waals surface area contributed by atoms with Crippen LogP contribution < -0.4 is 0 Å². The van der Waals surface area contributed by atoms with Gasteiger partial charge in [0.05, 0.1) is 5.56 Å². The number of carbonyl (C=O) groups is 1. The Hall–Kier alpha value is -2.27. The Balaban J connectivity index is 1.98. The molecule has 0 bridgehead atoms. The predicted molar refractivity (Wildman–Crippen MR) is 77.6 cm³/mol. The topological polar surface area (TPSA) is 53.4 Å². The van der Waals surface area contributed by atoms with E-state index in [0.29, 0.717) is 18.7 Å². The number of pyridine rings is 1. The van der Waals surface area contributed by atoms with E-state index in [9.17, 15) is 9.18 Å². The Morgan fingerprint density at radius 3 is 2.76 bits per heavy atom. The van der Waals surface area contributed by atoms with Crippen LogP contribution in [0.1, 0.15) is 21.6 Å². The van der Waals surface area contributed by atoms with Crippen molar-refractivity contribution in [2.24, 2.45) is 0 Å². The molecule has 0 spiro atoms. The van der Waals surface area contributed by atoms with E-state index in [-0.39, 0.29) is 5.56 Å². The molecule has 0 atom stereocenters. The molecule has 110 valence electrons. The first kappa shape index (κ1) is 15.1. The Morgan fingerprint density at radius 2 is 2.10 bits per heavy atom. The van der Waals surface area contributed by atoms with Gasteiger partial charge in [0.1, 0.15) is 5.82 Å². The standard InChI is InChI=1S/C16H17FN2O2/c1-19(10-8-13-6-2-3-9-18-13)11-12-5-4-7-14(15(12)17)16(20)21/h2-7,9H,8,10-11H2,1H3,(H,20,21). The molecule has 2 aromatic rings. The molecule has 2 rings (SSSR count). The van der Waals surface area contributed by atoms with Crippen LogP contribution in [-0.2, 0) is 13.0 Å². The molecule has 21 heavy (non-hydrogen) atoms. The van der Waals surface area contributed by atoms with Crippen molar-refractivity contribution in [1.29, 1.82) is 0 Å². The second-order valence-corrected chi connectivity index (χ2v) is 4.89. The molecule has 1 aromatic heterocycles. The van der Waals surface area contributed by atoms with E-state index >= 15 is 0 Å². The molecule has 1 heterocycles. The van der Waals surface area contributed by atoms with E-state index in [1.54, 1.807) is 18.3 Å². The fourth-order valence-corrected chi connectivity index (χ4v) is 2.09. The van der Waals surface area contributed by atoms with Crippen molar-refractivity contribution in [2.45, 2.75) is 13.0 Å². The smallest absolute Gasteiger partial charge is 0.338 e. The van der Waals surface area contributed by atoms with E-state index < -0.39 is 11.8 Å². The van der Waals surface area contributed by atoms with Crippen LogP contribution in [0.4, 0.5) is 4.39 Å². The zero-order valence-corrected chi connectivity index (χ0v) is 11.8. The maximum Gasteiger partial charge on any atom is 0.338 e. The fourth-order valence-electron chi connectivity index (χ4n) is 2.09. The zero-order chi connectivity index (χ0) is 15.2. The molecule has 0 saturated carbocycles. The summed E-state index contributed by atoms with van der Waals surface area (Å²) in [6.07, 6.45) is 2.50. The van der Waals surface area contributed by atoms with E-state index in [1.165, 1.54) is 6.07 Å². The molecule has 0 aliphatic rings. The second-order valence-electron chi connectivity index (χ2n) is 4.89. The van der Waals surface area contributed by atoms with Gasteiger partial charge in [0.15, 0.2) is 0 Å². The quantitative estimate of drug-likeness (QED) is 0.887. The summed E-state index contributed by atoms with van der Waals surface area (Å²) in [6.45, 7) is 1.08. The molecule has 0 amide bonds. The number of nitrogens with zero attached hydrogens (tertiary/aromatic N) is 2. The minimum absolute atomic E-state index is 0.286. The maximum atomic E-state index is 14.0. The summed E-state index contributed by atoms with van der Waals surface area (Å²) in [5.74, 6) is -1.90. The number of carboxylic acids is 1. The van der Waals surface area contributed by atoms with Crippen molar-refractivity contribution in [3.05, 3.63) is 65.2 Å². The number of hydrogen-bond acceptors (Lipinski definition) is 3. The van der Waals surface area contributed by atoms with E-state index in [2.05, 4.69) is 4.98 Å². The van der Waals surface area contributed by atoms with Crippen LogP contribution in [-0.4, -0.2) is 34.6 Å². The third-order valence-electron chi connectivity index (χ3n) is 3.23. The van der Waals surface area contributed by atoms with Crippen LogP contribution in [0.15, 0.2) is 42.6 Å². The molecular formula is C16H17FN2O2. The summed E-state index contributed by atoms with van der Waals surface area (Å²) in [7, 11) is 1.87. The van der Waals surface area contributed by atoms with Gasteiger partial charge in [-0.3, -0.25) is 4.98 Å². The molecule has 0 radical (unpaired) electrons. The Morgan fingerprint density at radius 1 is 1.29 bits per heavy atom. The minimum atomic E-state index is -1.24. The highest BCUT2D eigenvalue weighted by Gasteiger charge is 2.14. The van der Waals surface area contributed by atoms with Gasteiger partial charge in [0.25, 0.3) is 0 Å². The lowest BCUT2D eigenvalue weighted by atomic mass is 10.1. The number of rotatable bonds is 6. The first-order valence-electron chi connectivity index (χ1n) is 6.67. The number of benzene rings is 1. The normalized spacial score (nSPS) is 10.8. The van der Waals surface area contributed by atoms with Crippen molar-refractivity contribution >= 4 is 5.97 Å². The van der Waals surface area contributed by atoms with Crippen molar-refractivity contribution in [3.63, 3.8) is 0 Å². The van der Waals surface area contributed by atoms with Crippen LogP contribution in [0, 0.1) is 5.82 Å². The summed E-state index contributed by atoms with van der Waals surface area (Å²) in [5, 5.41) is 8.91. The average molecular weight is 288 g/mol. The van der Waals surface area contributed by atoms with Crippen molar-refractivity contribution in [3.8, 4) is 0 Å². The van der Waals surface area contributed by atoms with Gasteiger partial charge in [-0.15, -0.1) is 0 Å². The molecule has 0 saturated heterocycles. The van der Waals surface area contributed by atoms with Crippen LogP contribution in [0.2, 0.25) is 0 Å². The van der Waals surface area contributed by atoms with Gasteiger partial charge in [-0.2, -0.15) is 0 Å². The van der Waals surface area contributed by atoms with E-state index in [0.717, 1.165) is 12.1 Å². The Kier molecular flexibility index (Phi) is 5.00. The molecule has 1 aromatic carbocycles. The largest absolute Gasteiger partial charge is 0.478 e. The average Bonchev–Trinajstić information content (AvgIpc) is 2.48. The third-order valence-corrected chi connectivity index (χ3v) is 3.23. The number of likely N-dealkylation sites (N-methyl/N-ethyl adjacent to an activating group) is 1. The first-order valence-corrected chi connectivity index (χ1v) is 6.67. The number of carboxylic acid groups (broad SMARTS) is 1. The summed E-state index contributed by atoms with van der Waals surface area (Å²) in [4.78, 5) is 17.1. The van der Waals surface area contributed by atoms with Gasteiger partial charge in [-0.1, -0.05) is 18.2 Å². The second kappa shape index (κ2) is 6.95. The molecule has 0 unspecified atom stereocenters. The number of hydrogen-bond donors (Lipinski definition) is 1. The highest BCUT2D eigenvalue weighted by molar-refractivity contribution is 5.88. The van der Waals surface area contributed by atoms with Crippen molar-refractivity contribution in [2.75, 3.05) is 13.6 Å². The van der Waals surface area contributed by atoms with Crippen molar-refractivity contribution < 1.29 is 14.3 Å². The molecule has 0 fully saturated rings. The highest BCUT2D eigenvalue weighted by Crippen LogP contribution is 2.15. The number of halogens is 1. The Bertz CT molecular complexity index is 617. The maximum absolute atomic E-state index is 14.0. The molecule has 0 aliphatic heterocycles. The van der Waals surface area contributed by atoms with Crippen LogP contribution in [0.25, 0.3) is 0 Å². The first-order chi connectivity index (χ1) is 10.1. The van der Waals surface area contributed by atoms with Crippen LogP contribution in [0.3, 0.4) is 0 Å². The summed E-state index contributed by atoms with van der Waals surface area (Å²) in [5.41, 5.74) is 1.08. The number of aromatic nitrogens is 1. The number of aromatic carboxylic acids is 1. The predicted octanol–water partition coefficient (Wildman–Crippen LogP) is 2.59. The zero-order valence-electron chi connectivity index (χ0n) is 11.8. The van der Waals surface area contributed by atoms with Gasteiger partial charge in [0, 0.05) is 37.0 Å². The molecule has 5 heteroatoms. The van der Waals surface area contributed by atoms with Crippen LogP contribution >= 0.6 is 0 Å². The minimum Gasteiger partial charge on any atom is -0.478 e. The molecule has 1 N–H and O–H groups in total. The highest BCUT2D eigenvalue weighted by atomic mass is 19.1. The lowest BCUT2D eigenvalue weighted by Gasteiger charge is -2.17. The van der Waals surface area contributed by atoms with Gasteiger partial charge in [-0.05, 0) is 25.2 Å². The fraction of sp³-hybridized carbons (Fsp3) is 0.250. The molecular weight excluding hydrogens is 271 g/mol. The van der Waals surface area contributed by atoms with E-state index in [4.69, 9.17) is 5.11 Å². The SMILES string of the molecule is CN(CCc1ccccn1)Cc1cccc(C(=O)O)c1F. The lowest BCUT2D eigenvalue weighted by Crippen LogP contribution is -2.22. The van der Waals surface area contributed by atoms with Gasteiger partial charge in [-0.25, -0.2) is 9.18 Å². The van der Waals surface area contributed by atoms with Crippen LogP contribution in [0.5, 0.6) is 0 Å². The molecule has 4 nitrogen and oxygen atoms in total. The van der Waals surface area contributed by atoms with Gasteiger partial charge in [0.2, 0.25) is 0 Å². The monoisotopic (exact) mass is 288 g/mol. The van der Waals surface area contributed by atoms with Gasteiger partial charge >= 0.3 is 5.97 Å². The summed E-state index contributed by atoms with van der Waals surface area (Å²) < 4.78 is 14.0. The molecule has 0 aliphatic carbocycles. The van der Waals surface area contributed by atoms with Gasteiger partial charge < -0.3 is 10.0 Å². The summed E-state index contributed by atoms with van der Waals surface area (Å²) >= 11 is 0. The van der Waals surface area contributed by atoms with Crippen molar-refractivity contribution in [1.82, 2.24) is 9.88 Å². The summed E-state index contributed by atoms with van der Waals surface area (Å²) in [6, 6.07) is 10.2. The lowest BCUT2D eigenvalue weighted by molar-refractivity contribution is 0.0691. The third kappa shape index (κ3) is 4.10. The Labute approximate surface area is 122 Å².